The zero-order valence-corrected chi connectivity index (χ0v) is 9.16. The van der Waals surface area contributed by atoms with Gasteiger partial charge in [0.1, 0.15) is 0 Å². The van der Waals surface area contributed by atoms with E-state index in [0.717, 1.165) is 25.3 Å². The summed E-state index contributed by atoms with van der Waals surface area (Å²) < 4.78 is 0. The molecule has 0 saturated carbocycles. The molecule has 0 aliphatic carbocycles. The van der Waals surface area contributed by atoms with Crippen molar-refractivity contribution >= 4 is 0 Å². The van der Waals surface area contributed by atoms with Crippen molar-refractivity contribution < 1.29 is 5.11 Å². The van der Waals surface area contributed by atoms with Crippen molar-refractivity contribution in [3.63, 3.8) is 0 Å². The molecule has 78 valence electrons. The molecule has 0 radical (unpaired) electrons. The molecule has 1 heterocycles. The predicted octanol–water partition coefficient (Wildman–Crippen LogP) is 1.88. The van der Waals surface area contributed by atoms with Crippen LogP contribution in [-0.2, 0) is 0 Å². The average molecular weight is 185 g/mol. The van der Waals surface area contributed by atoms with Crippen LogP contribution in [0.1, 0.15) is 40.0 Å². The third-order valence-electron chi connectivity index (χ3n) is 3.07. The summed E-state index contributed by atoms with van der Waals surface area (Å²) in [6, 6.07) is 0.368. The second kappa shape index (κ2) is 4.97. The lowest BCUT2D eigenvalue weighted by atomic mass is 9.99. The van der Waals surface area contributed by atoms with Gasteiger partial charge in [-0.3, -0.25) is 4.90 Å². The van der Waals surface area contributed by atoms with E-state index in [1.807, 2.05) is 0 Å². The Morgan fingerprint density at radius 1 is 1.46 bits per heavy atom. The van der Waals surface area contributed by atoms with E-state index in [1.165, 1.54) is 13.0 Å². The standard InChI is InChI=1S/C11H23NO/c1-9(2)6-8-12-7-4-5-11(13)10(12)3/h9-11,13H,4-8H2,1-3H3. The minimum Gasteiger partial charge on any atom is -0.392 e. The molecule has 2 unspecified atom stereocenters. The molecular formula is C11H23NO. The van der Waals surface area contributed by atoms with Crippen LogP contribution in [-0.4, -0.2) is 35.2 Å². The average Bonchev–Trinajstić information content (AvgIpc) is 2.07. The van der Waals surface area contributed by atoms with Gasteiger partial charge in [0.25, 0.3) is 0 Å². The number of hydrogen-bond acceptors (Lipinski definition) is 2. The number of nitrogens with zero attached hydrogens (tertiary/aromatic N) is 1. The Kier molecular flexibility index (Phi) is 4.20. The van der Waals surface area contributed by atoms with Crippen molar-refractivity contribution in [1.29, 1.82) is 0 Å². The molecule has 13 heavy (non-hydrogen) atoms. The van der Waals surface area contributed by atoms with Crippen molar-refractivity contribution in [2.45, 2.75) is 52.2 Å². The van der Waals surface area contributed by atoms with Crippen molar-refractivity contribution in [3.05, 3.63) is 0 Å². The van der Waals surface area contributed by atoms with E-state index in [0.29, 0.717) is 6.04 Å². The number of likely N-dealkylation sites (tertiary alicyclic amines) is 1. The largest absolute Gasteiger partial charge is 0.392 e. The summed E-state index contributed by atoms with van der Waals surface area (Å²) in [4.78, 5) is 2.42. The number of aliphatic hydroxyl groups excluding tert-OH is 1. The SMILES string of the molecule is CC(C)CCN1CCCC(O)C1C. The van der Waals surface area contributed by atoms with Crippen molar-refractivity contribution in [3.8, 4) is 0 Å². The van der Waals surface area contributed by atoms with Crippen LogP contribution in [0.15, 0.2) is 0 Å². The molecule has 0 spiro atoms. The molecule has 1 rings (SSSR count). The Morgan fingerprint density at radius 2 is 2.15 bits per heavy atom. The van der Waals surface area contributed by atoms with Gasteiger partial charge < -0.3 is 5.11 Å². The minimum absolute atomic E-state index is 0.0964. The van der Waals surface area contributed by atoms with Gasteiger partial charge in [-0.1, -0.05) is 13.8 Å². The Balaban J connectivity index is 2.31. The highest BCUT2D eigenvalue weighted by atomic mass is 16.3. The third-order valence-corrected chi connectivity index (χ3v) is 3.07. The van der Waals surface area contributed by atoms with E-state index in [2.05, 4.69) is 25.7 Å². The minimum atomic E-state index is -0.0964. The van der Waals surface area contributed by atoms with E-state index in [-0.39, 0.29) is 6.10 Å². The molecule has 0 aromatic heterocycles. The van der Waals surface area contributed by atoms with Gasteiger partial charge in [-0.15, -0.1) is 0 Å². The first-order valence-corrected chi connectivity index (χ1v) is 5.53. The summed E-state index contributed by atoms with van der Waals surface area (Å²) >= 11 is 0. The lowest BCUT2D eigenvalue weighted by molar-refractivity contribution is 0.0180. The monoisotopic (exact) mass is 185 g/mol. The van der Waals surface area contributed by atoms with Gasteiger partial charge >= 0.3 is 0 Å². The van der Waals surface area contributed by atoms with Gasteiger partial charge in [-0.05, 0) is 45.2 Å². The van der Waals surface area contributed by atoms with Gasteiger partial charge in [0.2, 0.25) is 0 Å². The molecule has 1 N–H and O–H groups in total. The number of aliphatic hydroxyl groups is 1. The fraction of sp³-hybridized carbons (Fsp3) is 1.00. The van der Waals surface area contributed by atoms with Crippen molar-refractivity contribution in [2.24, 2.45) is 5.92 Å². The molecule has 1 fully saturated rings. The zero-order valence-electron chi connectivity index (χ0n) is 9.16. The Hall–Kier alpha value is -0.0800. The smallest absolute Gasteiger partial charge is 0.0693 e. The van der Waals surface area contributed by atoms with Crippen LogP contribution in [0.3, 0.4) is 0 Å². The topological polar surface area (TPSA) is 23.5 Å². The van der Waals surface area contributed by atoms with Gasteiger partial charge in [0.05, 0.1) is 6.10 Å². The molecule has 2 atom stereocenters. The van der Waals surface area contributed by atoms with Gasteiger partial charge in [-0.2, -0.15) is 0 Å². The summed E-state index contributed by atoms with van der Waals surface area (Å²) in [6.45, 7) is 8.97. The molecule has 2 heteroatoms. The summed E-state index contributed by atoms with van der Waals surface area (Å²) in [5.74, 6) is 0.770. The molecular weight excluding hydrogens is 162 g/mol. The first kappa shape index (κ1) is 11.0. The molecule has 0 amide bonds. The Bertz CT molecular complexity index is 147. The van der Waals surface area contributed by atoms with Gasteiger partial charge in [-0.25, -0.2) is 0 Å². The van der Waals surface area contributed by atoms with Gasteiger partial charge in [0, 0.05) is 6.04 Å². The predicted molar refractivity (Wildman–Crippen MR) is 55.7 cm³/mol. The first-order chi connectivity index (χ1) is 6.11. The highest BCUT2D eigenvalue weighted by molar-refractivity contribution is 4.80. The summed E-state index contributed by atoms with van der Waals surface area (Å²) in [6.07, 6.45) is 3.29. The van der Waals surface area contributed by atoms with Crippen LogP contribution in [0, 0.1) is 5.92 Å². The maximum atomic E-state index is 9.67. The summed E-state index contributed by atoms with van der Waals surface area (Å²) in [5.41, 5.74) is 0. The van der Waals surface area contributed by atoms with E-state index in [9.17, 15) is 5.11 Å². The van der Waals surface area contributed by atoms with Crippen LogP contribution >= 0.6 is 0 Å². The van der Waals surface area contributed by atoms with Crippen LogP contribution in [0.4, 0.5) is 0 Å². The molecule has 1 aliphatic heterocycles. The number of piperidine rings is 1. The maximum absolute atomic E-state index is 9.67. The first-order valence-electron chi connectivity index (χ1n) is 5.53. The van der Waals surface area contributed by atoms with Crippen molar-refractivity contribution in [1.82, 2.24) is 4.90 Å². The summed E-state index contributed by atoms with van der Waals surface area (Å²) in [7, 11) is 0. The highest BCUT2D eigenvalue weighted by Gasteiger charge is 2.25. The molecule has 1 aliphatic rings. The molecule has 0 aromatic rings. The molecule has 1 saturated heterocycles. The van der Waals surface area contributed by atoms with Gasteiger partial charge in [0.15, 0.2) is 0 Å². The lowest BCUT2D eigenvalue weighted by Crippen LogP contribution is -2.46. The fourth-order valence-corrected chi connectivity index (χ4v) is 1.93. The van der Waals surface area contributed by atoms with Crippen LogP contribution in [0.2, 0.25) is 0 Å². The lowest BCUT2D eigenvalue weighted by Gasteiger charge is -2.37. The highest BCUT2D eigenvalue weighted by Crippen LogP contribution is 2.18. The van der Waals surface area contributed by atoms with E-state index in [1.54, 1.807) is 0 Å². The van der Waals surface area contributed by atoms with Crippen molar-refractivity contribution in [2.75, 3.05) is 13.1 Å². The van der Waals surface area contributed by atoms with E-state index >= 15 is 0 Å². The quantitative estimate of drug-likeness (QED) is 0.725. The fourth-order valence-electron chi connectivity index (χ4n) is 1.93. The second-order valence-corrected chi connectivity index (χ2v) is 4.67. The van der Waals surface area contributed by atoms with E-state index < -0.39 is 0 Å². The third kappa shape index (κ3) is 3.28. The normalized spacial score (nSPS) is 31.2. The molecule has 0 aromatic carbocycles. The number of rotatable bonds is 3. The molecule has 2 nitrogen and oxygen atoms in total. The Labute approximate surface area is 81.9 Å². The Morgan fingerprint density at radius 3 is 2.77 bits per heavy atom. The van der Waals surface area contributed by atoms with E-state index in [4.69, 9.17) is 0 Å². The zero-order chi connectivity index (χ0) is 9.84. The summed E-state index contributed by atoms with van der Waals surface area (Å²) in [5, 5.41) is 9.67. The van der Waals surface area contributed by atoms with Crippen LogP contribution < -0.4 is 0 Å². The van der Waals surface area contributed by atoms with Crippen LogP contribution in [0.25, 0.3) is 0 Å². The second-order valence-electron chi connectivity index (χ2n) is 4.67. The maximum Gasteiger partial charge on any atom is 0.0693 e. The number of hydrogen-bond donors (Lipinski definition) is 1. The molecule has 0 bridgehead atoms. The van der Waals surface area contributed by atoms with Crippen LogP contribution in [0.5, 0.6) is 0 Å².